The summed E-state index contributed by atoms with van der Waals surface area (Å²) in [7, 11) is 0. The van der Waals surface area contributed by atoms with Gasteiger partial charge >= 0.3 is 5.97 Å². The van der Waals surface area contributed by atoms with Crippen LogP contribution in [0.25, 0.3) is 11.1 Å². The first-order valence-electron chi connectivity index (χ1n) is 8.70. The monoisotopic (exact) mass is 450 g/mol. The lowest BCUT2D eigenvalue weighted by molar-refractivity contribution is -0.144. The number of carboxylic acids is 1. The van der Waals surface area contributed by atoms with E-state index in [2.05, 4.69) is 0 Å². The topological polar surface area (TPSA) is 66.8 Å². The molecular formula is C22H17Cl3O4. The zero-order valence-electron chi connectivity index (χ0n) is 15.3. The standard InChI is InChI=1S/C22H17Cl3O4/c1-12(22(27)28)29-16-10-19(24)18(20(25)11-16)9-13-2-7-21(26)17(8-13)14-3-5-15(23)6-4-14/h2-8,10-12,26H,9H2,1H3,(H,27,28)/t12-/m1/s1. The maximum absolute atomic E-state index is 11.0. The predicted octanol–water partition coefficient (Wildman–Crippen LogP) is 6.46. The van der Waals surface area contributed by atoms with Gasteiger partial charge < -0.3 is 14.9 Å². The van der Waals surface area contributed by atoms with Gasteiger partial charge in [-0.2, -0.15) is 0 Å². The van der Waals surface area contributed by atoms with Crippen LogP contribution >= 0.6 is 34.8 Å². The maximum Gasteiger partial charge on any atom is 0.344 e. The fraction of sp³-hybridized carbons (Fsp3) is 0.136. The Morgan fingerprint density at radius 3 is 2.21 bits per heavy atom. The molecule has 0 saturated heterocycles. The molecular weight excluding hydrogens is 435 g/mol. The van der Waals surface area contributed by atoms with Gasteiger partial charge in [-0.05, 0) is 60.0 Å². The summed E-state index contributed by atoms with van der Waals surface area (Å²) in [5.41, 5.74) is 3.07. The van der Waals surface area contributed by atoms with Gasteiger partial charge in [0.2, 0.25) is 0 Å². The molecule has 0 aliphatic heterocycles. The maximum atomic E-state index is 11.0. The first-order chi connectivity index (χ1) is 13.7. The first kappa shape index (κ1) is 21.3. The number of halogens is 3. The molecule has 0 aromatic heterocycles. The second-order valence-corrected chi connectivity index (χ2v) is 7.75. The lowest BCUT2D eigenvalue weighted by atomic mass is 9.98. The van der Waals surface area contributed by atoms with Crippen molar-refractivity contribution in [2.75, 3.05) is 0 Å². The molecule has 0 amide bonds. The van der Waals surface area contributed by atoms with Crippen LogP contribution in [-0.2, 0) is 11.2 Å². The summed E-state index contributed by atoms with van der Waals surface area (Å²) in [6.45, 7) is 1.42. The van der Waals surface area contributed by atoms with E-state index in [1.165, 1.54) is 6.92 Å². The van der Waals surface area contributed by atoms with Crippen molar-refractivity contribution in [2.45, 2.75) is 19.4 Å². The van der Waals surface area contributed by atoms with Gasteiger partial charge in [-0.1, -0.05) is 53.0 Å². The lowest BCUT2D eigenvalue weighted by Crippen LogP contribution is -2.22. The number of phenolic OH excluding ortho intramolecular Hbond substituents is 1. The van der Waals surface area contributed by atoms with Crippen molar-refractivity contribution in [3.8, 4) is 22.6 Å². The first-order valence-corrected chi connectivity index (χ1v) is 9.83. The van der Waals surface area contributed by atoms with Crippen LogP contribution in [0.2, 0.25) is 15.1 Å². The van der Waals surface area contributed by atoms with Crippen LogP contribution in [0.15, 0.2) is 54.6 Å². The molecule has 3 aromatic rings. The van der Waals surface area contributed by atoms with Crippen molar-refractivity contribution in [1.29, 1.82) is 0 Å². The van der Waals surface area contributed by atoms with E-state index < -0.39 is 12.1 Å². The highest BCUT2D eigenvalue weighted by Gasteiger charge is 2.16. The van der Waals surface area contributed by atoms with Crippen molar-refractivity contribution in [3.63, 3.8) is 0 Å². The number of rotatable bonds is 6. The van der Waals surface area contributed by atoms with Crippen molar-refractivity contribution in [3.05, 3.63) is 80.8 Å². The molecule has 0 radical (unpaired) electrons. The van der Waals surface area contributed by atoms with Gasteiger partial charge in [0.05, 0.1) is 0 Å². The van der Waals surface area contributed by atoms with Crippen LogP contribution in [0, 0.1) is 0 Å². The Morgan fingerprint density at radius 1 is 1.00 bits per heavy atom. The summed E-state index contributed by atoms with van der Waals surface area (Å²) < 4.78 is 5.33. The summed E-state index contributed by atoms with van der Waals surface area (Å²) in [6, 6.07) is 15.5. The average Bonchev–Trinajstić information content (AvgIpc) is 2.66. The largest absolute Gasteiger partial charge is 0.507 e. The van der Waals surface area contributed by atoms with Crippen LogP contribution < -0.4 is 4.74 Å². The smallest absolute Gasteiger partial charge is 0.344 e. The molecule has 0 fully saturated rings. The number of aromatic hydroxyl groups is 1. The average molecular weight is 452 g/mol. The van der Waals surface area contributed by atoms with Crippen molar-refractivity contribution in [2.24, 2.45) is 0 Å². The van der Waals surface area contributed by atoms with E-state index in [9.17, 15) is 9.90 Å². The third kappa shape index (κ3) is 5.15. The highest BCUT2D eigenvalue weighted by molar-refractivity contribution is 6.36. The molecule has 3 rings (SSSR count). The minimum Gasteiger partial charge on any atom is -0.507 e. The SMILES string of the molecule is C[C@@H](Oc1cc(Cl)c(Cc2ccc(O)c(-c3ccc(Cl)cc3)c2)c(Cl)c1)C(=O)O. The van der Waals surface area contributed by atoms with Crippen LogP contribution in [0.3, 0.4) is 0 Å². The second kappa shape index (κ2) is 8.95. The Morgan fingerprint density at radius 2 is 1.62 bits per heavy atom. The third-order valence-electron chi connectivity index (χ3n) is 4.37. The Labute approximate surface area is 183 Å². The number of carboxylic acid groups (broad SMARTS) is 1. The molecule has 0 spiro atoms. The minimum absolute atomic E-state index is 0.152. The fourth-order valence-electron chi connectivity index (χ4n) is 2.83. The van der Waals surface area contributed by atoms with E-state index in [-0.39, 0.29) is 11.5 Å². The molecule has 29 heavy (non-hydrogen) atoms. The molecule has 0 saturated carbocycles. The minimum atomic E-state index is -1.08. The van der Waals surface area contributed by atoms with Gasteiger partial charge in [-0.3, -0.25) is 0 Å². The summed E-state index contributed by atoms with van der Waals surface area (Å²) in [5.74, 6) is -0.647. The van der Waals surface area contributed by atoms with Gasteiger partial charge in [0.1, 0.15) is 11.5 Å². The highest BCUT2D eigenvalue weighted by atomic mass is 35.5. The summed E-state index contributed by atoms with van der Waals surface area (Å²) >= 11 is 18.7. The fourth-order valence-corrected chi connectivity index (χ4v) is 3.56. The summed E-state index contributed by atoms with van der Waals surface area (Å²) in [5, 5.41) is 20.6. The van der Waals surface area contributed by atoms with Crippen molar-refractivity contribution >= 4 is 40.8 Å². The van der Waals surface area contributed by atoms with Gasteiger partial charge in [-0.15, -0.1) is 0 Å². The van der Waals surface area contributed by atoms with E-state index in [4.69, 9.17) is 44.6 Å². The summed E-state index contributed by atoms with van der Waals surface area (Å²) in [4.78, 5) is 11.0. The Balaban J connectivity index is 1.89. The lowest BCUT2D eigenvalue weighted by Gasteiger charge is -2.14. The molecule has 3 aromatic carbocycles. The Bertz CT molecular complexity index is 1030. The number of phenols is 1. The van der Waals surface area contributed by atoms with E-state index >= 15 is 0 Å². The van der Waals surface area contributed by atoms with E-state index in [0.717, 1.165) is 11.1 Å². The number of benzene rings is 3. The van der Waals surface area contributed by atoms with E-state index in [1.54, 1.807) is 36.4 Å². The Kier molecular flexibility index (Phi) is 6.58. The quantitative estimate of drug-likeness (QED) is 0.451. The second-order valence-electron chi connectivity index (χ2n) is 6.50. The van der Waals surface area contributed by atoms with E-state index in [1.807, 2.05) is 18.2 Å². The normalized spacial score (nSPS) is 11.9. The molecule has 0 unspecified atom stereocenters. The van der Waals surface area contributed by atoms with Crippen molar-refractivity contribution in [1.82, 2.24) is 0 Å². The number of hydrogen-bond donors (Lipinski definition) is 2. The van der Waals surface area contributed by atoms with Gasteiger partial charge in [0.25, 0.3) is 0 Å². The molecule has 150 valence electrons. The molecule has 0 heterocycles. The van der Waals surface area contributed by atoms with E-state index in [0.29, 0.717) is 32.6 Å². The zero-order valence-corrected chi connectivity index (χ0v) is 17.6. The molecule has 1 atom stereocenters. The zero-order chi connectivity index (χ0) is 21.1. The number of ether oxygens (including phenoxy) is 1. The van der Waals surface area contributed by atoms with Crippen molar-refractivity contribution < 1.29 is 19.7 Å². The molecule has 0 aliphatic carbocycles. The number of hydrogen-bond acceptors (Lipinski definition) is 3. The Hall–Kier alpha value is -2.40. The van der Waals surface area contributed by atoms with Crippen LogP contribution in [0.5, 0.6) is 11.5 Å². The molecule has 0 bridgehead atoms. The van der Waals surface area contributed by atoms with Crippen LogP contribution in [0.1, 0.15) is 18.1 Å². The molecule has 2 N–H and O–H groups in total. The van der Waals surface area contributed by atoms with Crippen LogP contribution in [0.4, 0.5) is 0 Å². The predicted molar refractivity (Wildman–Crippen MR) is 116 cm³/mol. The van der Waals surface area contributed by atoms with Gasteiger partial charge in [0.15, 0.2) is 6.10 Å². The van der Waals surface area contributed by atoms with Gasteiger partial charge in [-0.25, -0.2) is 4.79 Å². The van der Waals surface area contributed by atoms with Crippen LogP contribution in [-0.4, -0.2) is 22.3 Å². The molecule has 7 heteroatoms. The third-order valence-corrected chi connectivity index (χ3v) is 5.30. The highest BCUT2D eigenvalue weighted by Crippen LogP contribution is 2.35. The summed E-state index contributed by atoms with van der Waals surface area (Å²) in [6.07, 6.45) is -0.597. The number of carbonyl (C=O) groups is 1. The van der Waals surface area contributed by atoms with Gasteiger partial charge in [0, 0.05) is 27.1 Å². The molecule has 0 aliphatic rings. The molecule has 4 nitrogen and oxygen atoms in total. The number of aliphatic carboxylic acids is 1.